The van der Waals surface area contributed by atoms with E-state index >= 15 is 0 Å². The van der Waals surface area contributed by atoms with E-state index in [4.69, 9.17) is 4.74 Å². The number of hydrogen-bond acceptors (Lipinski definition) is 4. The van der Waals surface area contributed by atoms with Crippen molar-refractivity contribution >= 4 is 17.7 Å². The summed E-state index contributed by atoms with van der Waals surface area (Å²) in [5, 5.41) is 10.9. The van der Waals surface area contributed by atoms with Crippen LogP contribution in [0.2, 0.25) is 0 Å². The third-order valence-electron chi connectivity index (χ3n) is 2.73. The standard InChI is InChI=1S/C16H13NO4/c1-12-7-9-14(17(19)20)15(11-12)21-16(18)10-8-13-5-3-2-4-6-13/h2-11H,1H3/b10-8+. The Morgan fingerprint density at radius 2 is 1.90 bits per heavy atom. The number of esters is 1. The first-order valence-electron chi connectivity index (χ1n) is 6.26. The fourth-order valence-electron chi connectivity index (χ4n) is 1.72. The fraction of sp³-hybridized carbons (Fsp3) is 0.0625. The summed E-state index contributed by atoms with van der Waals surface area (Å²) in [5.41, 5.74) is 1.38. The Balaban J connectivity index is 2.15. The molecule has 106 valence electrons. The maximum atomic E-state index is 11.7. The first-order valence-corrected chi connectivity index (χ1v) is 6.26. The van der Waals surface area contributed by atoms with Crippen LogP contribution in [0.1, 0.15) is 11.1 Å². The van der Waals surface area contributed by atoms with E-state index in [1.165, 1.54) is 18.2 Å². The Bertz CT molecular complexity index is 693. The molecule has 5 nitrogen and oxygen atoms in total. The van der Waals surface area contributed by atoms with E-state index in [0.717, 1.165) is 11.1 Å². The molecule has 0 fully saturated rings. The zero-order valence-electron chi connectivity index (χ0n) is 11.4. The van der Waals surface area contributed by atoms with Crippen LogP contribution in [-0.4, -0.2) is 10.9 Å². The average molecular weight is 283 g/mol. The molecule has 0 amide bonds. The minimum Gasteiger partial charge on any atom is -0.416 e. The molecule has 2 aromatic carbocycles. The third-order valence-corrected chi connectivity index (χ3v) is 2.73. The molecule has 0 spiro atoms. The molecule has 0 aromatic heterocycles. The average Bonchev–Trinajstić information content (AvgIpc) is 2.46. The minimum absolute atomic E-state index is 0.0530. The van der Waals surface area contributed by atoms with Crippen molar-refractivity contribution in [1.82, 2.24) is 0 Å². The predicted molar refractivity (Wildman–Crippen MR) is 78.9 cm³/mol. The van der Waals surface area contributed by atoms with Crippen LogP contribution >= 0.6 is 0 Å². The zero-order valence-corrected chi connectivity index (χ0v) is 11.4. The van der Waals surface area contributed by atoms with E-state index in [1.54, 1.807) is 19.1 Å². The van der Waals surface area contributed by atoms with Crippen LogP contribution < -0.4 is 4.74 Å². The number of carbonyl (C=O) groups excluding carboxylic acids is 1. The topological polar surface area (TPSA) is 69.4 Å². The van der Waals surface area contributed by atoms with E-state index in [2.05, 4.69) is 0 Å². The Hall–Kier alpha value is -2.95. The first-order chi connectivity index (χ1) is 10.1. The summed E-state index contributed by atoms with van der Waals surface area (Å²) in [6.07, 6.45) is 2.82. The molecule has 2 aromatic rings. The van der Waals surface area contributed by atoms with Gasteiger partial charge in [0.2, 0.25) is 5.75 Å². The monoisotopic (exact) mass is 283 g/mol. The molecule has 0 aliphatic rings. The van der Waals surface area contributed by atoms with E-state index in [9.17, 15) is 14.9 Å². The van der Waals surface area contributed by atoms with Crippen LogP contribution in [0.25, 0.3) is 6.08 Å². The number of aryl methyl sites for hydroxylation is 1. The van der Waals surface area contributed by atoms with Gasteiger partial charge in [-0.15, -0.1) is 0 Å². The number of benzene rings is 2. The lowest BCUT2D eigenvalue weighted by atomic mass is 10.2. The fourth-order valence-corrected chi connectivity index (χ4v) is 1.72. The molecule has 5 heteroatoms. The Labute approximate surface area is 121 Å². The molecule has 21 heavy (non-hydrogen) atoms. The number of ether oxygens (including phenoxy) is 1. The minimum atomic E-state index is -0.660. The van der Waals surface area contributed by atoms with Gasteiger partial charge in [-0.1, -0.05) is 36.4 Å². The van der Waals surface area contributed by atoms with E-state index in [-0.39, 0.29) is 11.4 Å². The highest BCUT2D eigenvalue weighted by Crippen LogP contribution is 2.27. The molecule has 0 aliphatic heterocycles. The van der Waals surface area contributed by atoms with Crippen molar-refractivity contribution in [2.75, 3.05) is 0 Å². The first kappa shape index (κ1) is 14.5. The number of rotatable bonds is 4. The highest BCUT2D eigenvalue weighted by atomic mass is 16.6. The highest BCUT2D eigenvalue weighted by molar-refractivity contribution is 5.89. The molecule has 0 saturated carbocycles. The van der Waals surface area contributed by atoms with Crippen LogP contribution in [-0.2, 0) is 4.79 Å². The molecule has 0 N–H and O–H groups in total. The van der Waals surface area contributed by atoms with Crippen LogP contribution in [0.5, 0.6) is 5.75 Å². The zero-order chi connectivity index (χ0) is 15.2. The molecule has 2 rings (SSSR count). The van der Waals surface area contributed by atoms with Gasteiger partial charge in [-0.05, 0) is 30.2 Å². The summed E-state index contributed by atoms with van der Waals surface area (Å²) < 4.78 is 5.04. The summed E-state index contributed by atoms with van der Waals surface area (Å²) in [7, 11) is 0. The quantitative estimate of drug-likeness (QED) is 0.283. The van der Waals surface area contributed by atoms with E-state index < -0.39 is 10.9 Å². The molecule has 0 heterocycles. The maximum absolute atomic E-state index is 11.7. The number of nitro groups is 1. The molecule has 0 atom stereocenters. The van der Waals surface area contributed by atoms with Crippen LogP contribution in [0.15, 0.2) is 54.6 Å². The Morgan fingerprint density at radius 3 is 2.57 bits per heavy atom. The van der Waals surface area contributed by atoms with Crippen molar-refractivity contribution < 1.29 is 14.5 Å². The van der Waals surface area contributed by atoms with Crippen molar-refractivity contribution in [3.8, 4) is 5.75 Å². The normalized spacial score (nSPS) is 10.5. The lowest BCUT2D eigenvalue weighted by molar-refractivity contribution is -0.385. The molecular formula is C16H13NO4. The SMILES string of the molecule is Cc1ccc([N+](=O)[O-])c(OC(=O)/C=C/c2ccccc2)c1. The maximum Gasteiger partial charge on any atom is 0.336 e. The van der Waals surface area contributed by atoms with Crippen molar-refractivity contribution in [3.05, 3.63) is 75.8 Å². The summed E-state index contributed by atoms with van der Waals surface area (Å²) >= 11 is 0. The van der Waals surface area contributed by atoms with E-state index in [0.29, 0.717) is 0 Å². The lowest BCUT2D eigenvalue weighted by Crippen LogP contribution is -2.06. The van der Waals surface area contributed by atoms with Gasteiger partial charge in [0, 0.05) is 12.1 Å². The number of hydrogen-bond donors (Lipinski definition) is 0. The second-order valence-electron chi connectivity index (χ2n) is 4.39. The van der Waals surface area contributed by atoms with Gasteiger partial charge < -0.3 is 4.74 Å². The van der Waals surface area contributed by atoms with Crippen molar-refractivity contribution in [2.45, 2.75) is 6.92 Å². The van der Waals surface area contributed by atoms with Gasteiger partial charge >= 0.3 is 11.7 Å². The molecule has 0 aliphatic carbocycles. The molecule has 0 saturated heterocycles. The lowest BCUT2D eigenvalue weighted by Gasteiger charge is -2.03. The second kappa shape index (κ2) is 6.47. The van der Waals surface area contributed by atoms with Gasteiger partial charge in [0.15, 0.2) is 0 Å². The van der Waals surface area contributed by atoms with Crippen LogP contribution in [0.4, 0.5) is 5.69 Å². The van der Waals surface area contributed by atoms with Gasteiger partial charge in [-0.3, -0.25) is 10.1 Å². The van der Waals surface area contributed by atoms with Gasteiger partial charge in [0.25, 0.3) is 0 Å². The van der Waals surface area contributed by atoms with Gasteiger partial charge in [-0.25, -0.2) is 4.79 Å². The Kier molecular flexibility index (Phi) is 4.46. The van der Waals surface area contributed by atoms with Gasteiger partial charge in [0.05, 0.1) is 4.92 Å². The molecule has 0 bridgehead atoms. The van der Waals surface area contributed by atoms with Crippen LogP contribution in [0.3, 0.4) is 0 Å². The Morgan fingerprint density at radius 1 is 1.19 bits per heavy atom. The largest absolute Gasteiger partial charge is 0.416 e. The summed E-state index contributed by atoms with van der Waals surface area (Å²) in [6, 6.07) is 13.6. The highest BCUT2D eigenvalue weighted by Gasteiger charge is 2.16. The smallest absolute Gasteiger partial charge is 0.336 e. The van der Waals surface area contributed by atoms with Crippen molar-refractivity contribution in [3.63, 3.8) is 0 Å². The second-order valence-corrected chi connectivity index (χ2v) is 4.39. The number of nitro benzene ring substituents is 1. The van der Waals surface area contributed by atoms with Crippen molar-refractivity contribution in [2.24, 2.45) is 0 Å². The summed E-state index contributed by atoms with van der Waals surface area (Å²) in [4.78, 5) is 22.1. The number of nitrogens with zero attached hydrogens (tertiary/aromatic N) is 1. The predicted octanol–water partition coefficient (Wildman–Crippen LogP) is 3.52. The summed E-state index contributed by atoms with van der Waals surface area (Å²) in [6.45, 7) is 1.76. The molecule has 0 radical (unpaired) electrons. The molecule has 0 unspecified atom stereocenters. The van der Waals surface area contributed by atoms with Gasteiger partial charge in [0.1, 0.15) is 0 Å². The summed E-state index contributed by atoms with van der Waals surface area (Å²) in [5.74, 6) is -0.713. The van der Waals surface area contributed by atoms with E-state index in [1.807, 2.05) is 30.3 Å². The number of carbonyl (C=O) groups is 1. The van der Waals surface area contributed by atoms with Crippen molar-refractivity contribution in [1.29, 1.82) is 0 Å². The van der Waals surface area contributed by atoms with Crippen LogP contribution in [0, 0.1) is 17.0 Å². The molecular weight excluding hydrogens is 270 g/mol. The van der Waals surface area contributed by atoms with Gasteiger partial charge in [-0.2, -0.15) is 0 Å². The third kappa shape index (κ3) is 4.01.